The first kappa shape index (κ1) is 17.2. The highest BCUT2D eigenvalue weighted by molar-refractivity contribution is 5.76. The number of rotatable bonds is 9. The van der Waals surface area contributed by atoms with E-state index in [1.165, 1.54) is 5.56 Å². The minimum Gasteiger partial charge on any atom is -0.377 e. The summed E-state index contributed by atoms with van der Waals surface area (Å²) < 4.78 is 5.62. The molecule has 0 aliphatic heterocycles. The number of hydrogen-bond acceptors (Lipinski definition) is 2. The van der Waals surface area contributed by atoms with Crippen molar-refractivity contribution in [1.29, 1.82) is 0 Å². The molecule has 1 N–H and O–H groups in total. The Morgan fingerprint density at radius 3 is 2.35 bits per heavy atom. The normalized spacial score (nSPS) is 11.9. The molecular weight excluding hydrogens is 286 g/mol. The van der Waals surface area contributed by atoms with Crippen LogP contribution in [-0.4, -0.2) is 12.5 Å². The van der Waals surface area contributed by atoms with Crippen molar-refractivity contribution in [2.24, 2.45) is 0 Å². The fourth-order valence-electron chi connectivity index (χ4n) is 2.39. The van der Waals surface area contributed by atoms with Crippen LogP contribution in [0.1, 0.15) is 43.4 Å². The lowest BCUT2D eigenvalue weighted by molar-refractivity contribution is -0.121. The van der Waals surface area contributed by atoms with Gasteiger partial charge in [0, 0.05) is 13.0 Å². The highest BCUT2D eigenvalue weighted by Gasteiger charge is 2.08. The molecule has 1 amide bonds. The van der Waals surface area contributed by atoms with Gasteiger partial charge in [0.15, 0.2) is 0 Å². The third kappa shape index (κ3) is 6.66. The number of ether oxygens (including phenoxy) is 1. The van der Waals surface area contributed by atoms with E-state index in [9.17, 15) is 4.79 Å². The average Bonchev–Trinajstić information content (AvgIpc) is 2.59. The van der Waals surface area contributed by atoms with Crippen LogP contribution >= 0.6 is 0 Å². The number of carbonyl (C=O) groups is 1. The van der Waals surface area contributed by atoms with Crippen molar-refractivity contribution in [3.05, 3.63) is 71.8 Å². The van der Waals surface area contributed by atoms with Gasteiger partial charge in [-0.2, -0.15) is 0 Å². The zero-order valence-electron chi connectivity index (χ0n) is 13.7. The maximum atomic E-state index is 11.9. The van der Waals surface area contributed by atoms with Gasteiger partial charge in [0.25, 0.3) is 0 Å². The second-order valence-electron chi connectivity index (χ2n) is 5.70. The number of benzene rings is 2. The molecule has 0 aliphatic carbocycles. The summed E-state index contributed by atoms with van der Waals surface area (Å²) in [7, 11) is 0. The minimum atomic E-state index is 0.0537. The van der Waals surface area contributed by atoms with Crippen molar-refractivity contribution in [2.45, 2.75) is 38.8 Å². The van der Waals surface area contributed by atoms with E-state index in [1.807, 2.05) is 55.5 Å². The van der Waals surface area contributed by atoms with Gasteiger partial charge < -0.3 is 10.1 Å². The van der Waals surface area contributed by atoms with Crippen molar-refractivity contribution in [3.63, 3.8) is 0 Å². The summed E-state index contributed by atoms with van der Waals surface area (Å²) in [5.74, 6) is 0.101. The van der Waals surface area contributed by atoms with Crippen LogP contribution in [0.25, 0.3) is 0 Å². The van der Waals surface area contributed by atoms with Gasteiger partial charge in [0.2, 0.25) is 5.91 Å². The molecule has 0 aromatic heterocycles. The quantitative estimate of drug-likeness (QED) is 0.703. The zero-order valence-corrected chi connectivity index (χ0v) is 13.7. The lowest BCUT2D eigenvalue weighted by atomic mass is 10.1. The molecule has 1 atom stereocenters. The average molecular weight is 311 g/mol. The van der Waals surface area contributed by atoms with Crippen LogP contribution in [0, 0.1) is 0 Å². The maximum absolute atomic E-state index is 11.9. The monoisotopic (exact) mass is 311 g/mol. The smallest absolute Gasteiger partial charge is 0.220 e. The fourth-order valence-corrected chi connectivity index (χ4v) is 2.39. The molecule has 3 nitrogen and oxygen atoms in total. The molecule has 0 aliphatic rings. The SMILES string of the molecule is CC(NC(=O)CCCCOCc1ccccc1)c1ccccc1. The summed E-state index contributed by atoms with van der Waals surface area (Å²) in [6.45, 7) is 3.34. The van der Waals surface area contributed by atoms with Crippen LogP contribution in [-0.2, 0) is 16.1 Å². The number of carbonyl (C=O) groups excluding carboxylic acids is 1. The molecule has 122 valence electrons. The van der Waals surface area contributed by atoms with Crippen molar-refractivity contribution in [3.8, 4) is 0 Å². The molecule has 0 spiro atoms. The molecule has 1 unspecified atom stereocenters. The van der Waals surface area contributed by atoms with E-state index < -0.39 is 0 Å². The van der Waals surface area contributed by atoms with Crippen LogP contribution in [0.3, 0.4) is 0 Å². The molecule has 23 heavy (non-hydrogen) atoms. The van der Waals surface area contributed by atoms with Crippen LogP contribution in [0.5, 0.6) is 0 Å². The lowest BCUT2D eigenvalue weighted by Crippen LogP contribution is -2.26. The number of nitrogens with one attached hydrogen (secondary N) is 1. The van der Waals surface area contributed by atoms with E-state index in [4.69, 9.17) is 4.74 Å². The lowest BCUT2D eigenvalue weighted by Gasteiger charge is -2.14. The van der Waals surface area contributed by atoms with Gasteiger partial charge in [0.05, 0.1) is 12.6 Å². The molecule has 0 radical (unpaired) electrons. The highest BCUT2D eigenvalue weighted by Crippen LogP contribution is 2.11. The molecule has 0 saturated heterocycles. The standard InChI is InChI=1S/C20H25NO2/c1-17(19-12-6-3-7-13-19)21-20(22)14-8-9-15-23-16-18-10-4-2-5-11-18/h2-7,10-13,17H,8-9,14-16H2,1H3,(H,21,22). The van der Waals surface area contributed by atoms with Crippen LogP contribution < -0.4 is 5.32 Å². The van der Waals surface area contributed by atoms with Gasteiger partial charge in [-0.15, -0.1) is 0 Å². The number of hydrogen-bond donors (Lipinski definition) is 1. The summed E-state index contributed by atoms with van der Waals surface area (Å²) in [5.41, 5.74) is 2.31. The molecular formula is C20H25NO2. The Balaban J connectivity index is 1.55. The minimum absolute atomic E-state index is 0.0537. The Bertz CT molecular complexity index is 569. The third-order valence-corrected chi connectivity index (χ3v) is 3.73. The van der Waals surface area contributed by atoms with Gasteiger partial charge >= 0.3 is 0 Å². The Hall–Kier alpha value is -2.13. The van der Waals surface area contributed by atoms with Crippen molar-refractivity contribution >= 4 is 5.91 Å². The van der Waals surface area contributed by atoms with E-state index in [0.717, 1.165) is 18.4 Å². The van der Waals surface area contributed by atoms with Crippen molar-refractivity contribution < 1.29 is 9.53 Å². The van der Waals surface area contributed by atoms with Crippen molar-refractivity contribution in [2.75, 3.05) is 6.61 Å². The first-order valence-electron chi connectivity index (χ1n) is 8.21. The van der Waals surface area contributed by atoms with Crippen LogP contribution in [0.15, 0.2) is 60.7 Å². The Labute approximate surface area is 138 Å². The van der Waals surface area contributed by atoms with E-state index >= 15 is 0 Å². The molecule has 0 heterocycles. The van der Waals surface area contributed by atoms with E-state index in [-0.39, 0.29) is 11.9 Å². The maximum Gasteiger partial charge on any atom is 0.220 e. The van der Waals surface area contributed by atoms with E-state index in [1.54, 1.807) is 0 Å². The van der Waals surface area contributed by atoms with Gasteiger partial charge in [-0.3, -0.25) is 4.79 Å². The second kappa shape index (κ2) is 9.80. The molecule has 2 aromatic rings. The molecule has 2 aromatic carbocycles. The van der Waals surface area contributed by atoms with Crippen molar-refractivity contribution in [1.82, 2.24) is 5.32 Å². The predicted molar refractivity (Wildman–Crippen MR) is 92.9 cm³/mol. The number of amides is 1. The van der Waals surface area contributed by atoms with E-state index in [2.05, 4.69) is 17.4 Å². The highest BCUT2D eigenvalue weighted by atomic mass is 16.5. The van der Waals surface area contributed by atoms with Gasteiger partial charge in [-0.1, -0.05) is 60.7 Å². The molecule has 2 rings (SSSR count). The predicted octanol–water partition coefficient (Wildman–Crippen LogP) is 4.25. The fraction of sp³-hybridized carbons (Fsp3) is 0.350. The number of unbranched alkanes of at least 4 members (excludes halogenated alkanes) is 1. The molecule has 3 heteroatoms. The Morgan fingerprint density at radius 2 is 1.65 bits per heavy atom. The second-order valence-corrected chi connectivity index (χ2v) is 5.70. The van der Waals surface area contributed by atoms with Gasteiger partial charge in [-0.25, -0.2) is 0 Å². The largest absolute Gasteiger partial charge is 0.377 e. The summed E-state index contributed by atoms with van der Waals surface area (Å²) in [6.07, 6.45) is 2.30. The summed E-state index contributed by atoms with van der Waals surface area (Å²) in [5, 5.41) is 3.03. The summed E-state index contributed by atoms with van der Waals surface area (Å²) in [4.78, 5) is 11.9. The summed E-state index contributed by atoms with van der Waals surface area (Å²) in [6, 6.07) is 20.2. The zero-order chi connectivity index (χ0) is 16.3. The summed E-state index contributed by atoms with van der Waals surface area (Å²) >= 11 is 0. The van der Waals surface area contributed by atoms with Gasteiger partial charge in [0.1, 0.15) is 0 Å². The molecule has 0 fully saturated rings. The van der Waals surface area contributed by atoms with Crippen LogP contribution in [0.4, 0.5) is 0 Å². The topological polar surface area (TPSA) is 38.3 Å². The molecule has 0 bridgehead atoms. The first-order chi connectivity index (χ1) is 11.3. The van der Waals surface area contributed by atoms with Gasteiger partial charge in [-0.05, 0) is 30.9 Å². The third-order valence-electron chi connectivity index (χ3n) is 3.73. The van der Waals surface area contributed by atoms with Crippen LogP contribution in [0.2, 0.25) is 0 Å². The van der Waals surface area contributed by atoms with E-state index in [0.29, 0.717) is 19.6 Å². The Kier molecular flexibility index (Phi) is 7.34. The first-order valence-corrected chi connectivity index (χ1v) is 8.21. The molecule has 0 saturated carbocycles. The Morgan fingerprint density at radius 1 is 1.00 bits per heavy atom.